The van der Waals surface area contributed by atoms with Gasteiger partial charge in [0.05, 0.1) is 0 Å². The summed E-state index contributed by atoms with van der Waals surface area (Å²) in [5.74, 6) is -0.760. The molecule has 0 atom stereocenters. The molecule has 170 valence electrons. The molecule has 0 spiro atoms. The van der Waals surface area contributed by atoms with Crippen LogP contribution in [0.5, 0.6) is 0 Å². The summed E-state index contributed by atoms with van der Waals surface area (Å²) in [5, 5.41) is 0. The van der Waals surface area contributed by atoms with E-state index in [1.54, 1.807) is 24.3 Å². The lowest BCUT2D eigenvalue weighted by Gasteiger charge is -2.32. The van der Waals surface area contributed by atoms with E-state index in [0.717, 1.165) is 15.6 Å². The van der Waals surface area contributed by atoms with Crippen molar-refractivity contribution >= 4 is 27.7 Å². The van der Waals surface area contributed by atoms with Gasteiger partial charge in [0.15, 0.2) is 12.4 Å². The fourth-order valence-corrected chi connectivity index (χ4v) is 4.03. The Kier molecular flexibility index (Phi) is 9.64. The number of benzene rings is 1. The largest absolute Gasteiger partial charge is 0.454 e. The number of hydrogen-bond donors (Lipinski definition) is 0. The molecule has 0 bridgehead atoms. The summed E-state index contributed by atoms with van der Waals surface area (Å²) in [4.78, 5) is 24.1. The van der Waals surface area contributed by atoms with E-state index in [2.05, 4.69) is 55.8 Å². The monoisotopic (exact) mass is 496 g/mol. The second-order valence-electron chi connectivity index (χ2n) is 8.96. The molecule has 0 saturated carbocycles. The Hall–Kier alpha value is -2.46. The first-order valence-electron chi connectivity index (χ1n) is 11.0. The summed E-state index contributed by atoms with van der Waals surface area (Å²) in [6, 6.07) is 6.95. The van der Waals surface area contributed by atoms with Crippen LogP contribution in [0.3, 0.4) is 0 Å². The van der Waals surface area contributed by atoms with Crippen molar-refractivity contribution in [1.29, 1.82) is 0 Å². The molecular weight excluding hydrogens is 464 g/mol. The third-order valence-corrected chi connectivity index (χ3v) is 6.16. The number of Topliss-reactive ketones (excluding diaryl/α,β-unsaturated/α-hetero) is 1. The van der Waals surface area contributed by atoms with Gasteiger partial charge in [-0.15, -0.1) is 0 Å². The zero-order chi connectivity index (χ0) is 23.7. The van der Waals surface area contributed by atoms with Crippen molar-refractivity contribution < 1.29 is 14.3 Å². The fourth-order valence-electron chi connectivity index (χ4n) is 3.76. The molecule has 1 aliphatic carbocycles. The molecule has 0 radical (unpaired) electrons. The van der Waals surface area contributed by atoms with Gasteiger partial charge in [-0.1, -0.05) is 83.4 Å². The van der Waals surface area contributed by atoms with E-state index in [9.17, 15) is 9.59 Å². The van der Waals surface area contributed by atoms with Gasteiger partial charge in [0.1, 0.15) is 0 Å². The van der Waals surface area contributed by atoms with E-state index in [0.29, 0.717) is 5.56 Å². The maximum absolute atomic E-state index is 12.1. The minimum Gasteiger partial charge on any atom is -0.454 e. The van der Waals surface area contributed by atoms with E-state index in [4.69, 9.17) is 4.74 Å². The fraction of sp³-hybridized carbons (Fsp3) is 0.357. The molecule has 0 saturated heterocycles. The normalized spacial score (nSPS) is 17.3. The number of carbonyl (C=O) groups excluding carboxylic acids is 2. The van der Waals surface area contributed by atoms with Crippen LogP contribution >= 0.6 is 15.9 Å². The Bertz CT molecular complexity index is 986. The molecule has 2 rings (SSSR count). The van der Waals surface area contributed by atoms with E-state index < -0.39 is 5.97 Å². The predicted octanol–water partition coefficient (Wildman–Crippen LogP) is 7.71. The average Bonchev–Trinajstić information content (AvgIpc) is 2.71. The number of hydrogen-bond acceptors (Lipinski definition) is 3. The second kappa shape index (κ2) is 12.0. The Morgan fingerprint density at radius 2 is 1.78 bits per heavy atom. The van der Waals surface area contributed by atoms with Gasteiger partial charge in [-0.05, 0) is 68.7 Å². The highest BCUT2D eigenvalue weighted by atomic mass is 79.9. The molecule has 0 heterocycles. The smallest absolute Gasteiger partial charge is 0.331 e. The highest BCUT2D eigenvalue weighted by molar-refractivity contribution is 9.10. The maximum atomic E-state index is 12.1. The van der Waals surface area contributed by atoms with Crippen LogP contribution < -0.4 is 0 Å². The average molecular weight is 497 g/mol. The molecule has 0 aliphatic heterocycles. The van der Waals surface area contributed by atoms with Gasteiger partial charge in [-0.25, -0.2) is 4.79 Å². The van der Waals surface area contributed by atoms with Crippen molar-refractivity contribution in [2.45, 2.75) is 53.9 Å². The first kappa shape index (κ1) is 25.8. The van der Waals surface area contributed by atoms with Crippen LogP contribution in [0.15, 0.2) is 87.5 Å². The van der Waals surface area contributed by atoms with Gasteiger partial charge in [-0.3, -0.25) is 4.79 Å². The van der Waals surface area contributed by atoms with Crippen LogP contribution in [0, 0.1) is 5.41 Å². The SMILES string of the molecule is CC(C=CC1=C(C)CCCC1(C)C)=CC=CC(C)=CC(=O)OCC(=O)c1ccc(Br)cc1. The van der Waals surface area contributed by atoms with Crippen LogP contribution in [-0.4, -0.2) is 18.4 Å². The Labute approximate surface area is 200 Å². The summed E-state index contributed by atoms with van der Waals surface area (Å²) in [6.07, 6.45) is 15.2. The van der Waals surface area contributed by atoms with E-state index in [1.165, 1.54) is 36.5 Å². The topological polar surface area (TPSA) is 43.4 Å². The zero-order valence-corrected chi connectivity index (χ0v) is 21.3. The van der Waals surface area contributed by atoms with Gasteiger partial charge in [0.2, 0.25) is 0 Å². The molecule has 3 nitrogen and oxygen atoms in total. The zero-order valence-electron chi connectivity index (χ0n) is 19.7. The number of ketones is 1. The second-order valence-corrected chi connectivity index (χ2v) is 9.88. The summed E-state index contributed by atoms with van der Waals surface area (Å²) in [6.45, 7) is 10.5. The number of rotatable bonds is 8. The molecule has 1 aromatic carbocycles. The third-order valence-electron chi connectivity index (χ3n) is 5.63. The molecule has 0 N–H and O–H groups in total. The lowest BCUT2D eigenvalue weighted by Crippen LogP contribution is -2.19. The summed E-state index contributed by atoms with van der Waals surface area (Å²) >= 11 is 3.33. The molecule has 0 unspecified atom stereocenters. The van der Waals surface area contributed by atoms with Crippen LogP contribution in [0.25, 0.3) is 0 Å². The molecule has 0 amide bonds. The van der Waals surface area contributed by atoms with Crippen LogP contribution in [-0.2, 0) is 9.53 Å². The quantitative estimate of drug-likeness (QED) is 0.160. The first-order valence-corrected chi connectivity index (χ1v) is 11.7. The van der Waals surface area contributed by atoms with Crippen molar-refractivity contribution in [3.63, 3.8) is 0 Å². The van der Waals surface area contributed by atoms with Gasteiger partial charge >= 0.3 is 5.97 Å². The van der Waals surface area contributed by atoms with Crippen molar-refractivity contribution in [1.82, 2.24) is 0 Å². The Balaban J connectivity index is 1.88. The van der Waals surface area contributed by atoms with Gasteiger partial charge in [0.25, 0.3) is 0 Å². The van der Waals surface area contributed by atoms with Crippen molar-refractivity contribution in [2.75, 3.05) is 6.61 Å². The molecule has 4 heteroatoms. The maximum Gasteiger partial charge on any atom is 0.331 e. The molecule has 1 aliphatic rings. The summed E-state index contributed by atoms with van der Waals surface area (Å²) in [5.41, 5.74) is 5.56. The van der Waals surface area contributed by atoms with Crippen LogP contribution in [0.1, 0.15) is 64.2 Å². The van der Waals surface area contributed by atoms with E-state index in [1.807, 2.05) is 25.2 Å². The number of esters is 1. The van der Waals surface area contributed by atoms with E-state index in [-0.39, 0.29) is 17.8 Å². The first-order chi connectivity index (χ1) is 15.1. The molecule has 0 aromatic heterocycles. The van der Waals surface area contributed by atoms with E-state index >= 15 is 0 Å². The third kappa shape index (κ3) is 8.23. The highest BCUT2D eigenvalue weighted by Crippen LogP contribution is 2.40. The van der Waals surface area contributed by atoms with Crippen LogP contribution in [0.2, 0.25) is 0 Å². The summed E-state index contributed by atoms with van der Waals surface area (Å²) in [7, 11) is 0. The molecule has 0 fully saturated rings. The van der Waals surface area contributed by atoms with Crippen molar-refractivity contribution in [3.8, 4) is 0 Å². The standard InChI is InChI=1S/C28H33BrO3/c1-20(11-16-25-22(3)10-7-17-28(25,4)5)8-6-9-21(2)18-27(31)32-19-26(30)23-12-14-24(29)15-13-23/h6,8-9,11-16,18H,7,10,17,19H2,1-5H3. The van der Waals surface area contributed by atoms with Crippen molar-refractivity contribution in [2.24, 2.45) is 5.41 Å². The summed E-state index contributed by atoms with van der Waals surface area (Å²) < 4.78 is 5.97. The predicted molar refractivity (Wildman–Crippen MR) is 136 cm³/mol. The highest BCUT2D eigenvalue weighted by Gasteiger charge is 2.26. The Morgan fingerprint density at radius 1 is 1.09 bits per heavy atom. The number of allylic oxidation sites excluding steroid dienone is 9. The number of halogens is 1. The number of carbonyl (C=O) groups is 2. The Morgan fingerprint density at radius 3 is 2.44 bits per heavy atom. The number of ether oxygens (including phenoxy) is 1. The lowest BCUT2D eigenvalue weighted by atomic mass is 9.72. The molecular formula is C28H33BrO3. The minimum absolute atomic E-state index is 0.230. The molecule has 32 heavy (non-hydrogen) atoms. The van der Waals surface area contributed by atoms with Gasteiger partial charge in [-0.2, -0.15) is 0 Å². The lowest BCUT2D eigenvalue weighted by molar-refractivity contribution is -0.136. The van der Waals surface area contributed by atoms with Gasteiger partial charge < -0.3 is 4.74 Å². The van der Waals surface area contributed by atoms with Crippen molar-refractivity contribution in [3.05, 3.63) is 93.1 Å². The molecule has 1 aromatic rings. The minimum atomic E-state index is -0.528. The van der Waals surface area contributed by atoms with Crippen LogP contribution in [0.4, 0.5) is 0 Å². The van der Waals surface area contributed by atoms with Gasteiger partial charge in [0, 0.05) is 16.1 Å².